The van der Waals surface area contributed by atoms with Crippen LogP contribution in [0.2, 0.25) is 10.0 Å². The molecule has 0 aliphatic heterocycles. The minimum absolute atomic E-state index is 0.193. The Labute approximate surface area is 166 Å². The lowest BCUT2D eigenvalue weighted by atomic mass is 10.1. The van der Waals surface area contributed by atoms with Gasteiger partial charge in [-0.25, -0.2) is 4.79 Å². The van der Waals surface area contributed by atoms with Gasteiger partial charge in [0, 0.05) is 11.2 Å². The van der Waals surface area contributed by atoms with Crippen molar-refractivity contribution in [3.05, 3.63) is 69.8 Å². The molecule has 27 heavy (non-hydrogen) atoms. The molecule has 6 nitrogen and oxygen atoms in total. The zero-order chi connectivity index (χ0) is 19.8. The highest BCUT2D eigenvalue weighted by Gasteiger charge is 2.16. The van der Waals surface area contributed by atoms with Crippen LogP contribution in [-0.2, 0) is 9.53 Å². The van der Waals surface area contributed by atoms with E-state index in [0.717, 1.165) is 0 Å². The van der Waals surface area contributed by atoms with Gasteiger partial charge in [-0.15, -0.1) is 0 Å². The molecule has 0 aliphatic carbocycles. The average Bonchev–Trinajstić information content (AvgIpc) is 2.64. The molecule has 0 fully saturated rings. The van der Waals surface area contributed by atoms with Crippen molar-refractivity contribution in [3.8, 4) is 6.07 Å². The van der Waals surface area contributed by atoms with Crippen molar-refractivity contribution < 1.29 is 14.3 Å². The molecule has 1 amide bonds. The second-order valence-electron chi connectivity index (χ2n) is 5.16. The van der Waals surface area contributed by atoms with E-state index in [9.17, 15) is 14.9 Å². The summed E-state index contributed by atoms with van der Waals surface area (Å²) in [5, 5.41) is 15.4. The number of hydrogen-bond donors (Lipinski definition) is 2. The van der Waals surface area contributed by atoms with Crippen molar-refractivity contribution in [2.24, 2.45) is 0 Å². The summed E-state index contributed by atoms with van der Waals surface area (Å²) in [5.74, 6) is -1.26. The smallest absolute Gasteiger partial charge is 0.340 e. The topological polar surface area (TPSA) is 91.2 Å². The Morgan fingerprint density at radius 1 is 1.19 bits per heavy atom. The number of para-hydroxylation sites is 1. The highest BCUT2D eigenvalue weighted by molar-refractivity contribution is 6.36. The first-order valence-electron chi connectivity index (χ1n) is 7.85. The molecule has 0 radical (unpaired) electrons. The third kappa shape index (κ3) is 5.48. The average molecular weight is 404 g/mol. The van der Waals surface area contributed by atoms with Crippen LogP contribution in [0.5, 0.6) is 0 Å². The van der Waals surface area contributed by atoms with Crippen LogP contribution >= 0.6 is 23.2 Å². The van der Waals surface area contributed by atoms with Crippen LogP contribution in [0.1, 0.15) is 17.3 Å². The SMILES string of the molecule is CCOC(=O)c1ccccc1NC(=O)/C(C#N)=C\Nc1ccc(Cl)cc1Cl. The molecular weight excluding hydrogens is 389 g/mol. The summed E-state index contributed by atoms with van der Waals surface area (Å²) in [6, 6.07) is 12.9. The lowest BCUT2D eigenvalue weighted by molar-refractivity contribution is -0.112. The van der Waals surface area contributed by atoms with Gasteiger partial charge in [0.15, 0.2) is 0 Å². The summed E-state index contributed by atoms with van der Waals surface area (Å²) in [6.07, 6.45) is 1.22. The maximum atomic E-state index is 12.4. The quantitative estimate of drug-likeness (QED) is 0.416. The van der Waals surface area contributed by atoms with Crippen LogP contribution in [0.4, 0.5) is 11.4 Å². The van der Waals surface area contributed by atoms with E-state index in [4.69, 9.17) is 27.9 Å². The number of nitriles is 1. The molecule has 138 valence electrons. The van der Waals surface area contributed by atoms with E-state index in [1.807, 2.05) is 0 Å². The molecule has 0 bridgehead atoms. The first-order chi connectivity index (χ1) is 13.0. The number of nitrogens with zero attached hydrogens (tertiary/aromatic N) is 1. The second-order valence-corrected chi connectivity index (χ2v) is 6.00. The Morgan fingerprint density at radius 3 is 2.59 bits per heavy atom. The molecular formula is C19H15Cl2N3O3. The van der Waals surface area contributed by atoms with Gasteiger partial charge in [-0.3, -0.25) is 4.79 Å². The van der Waals surface area contributed by atoms with E-state index in [-0.39, 0.29) is 23.4 Å². The number of esters is 1. The molecule has 0 saturated heterocycles. The minimum Gasteiger partial charge on any atom is -0.462 e. The lowest BCUT2D eigenvalue weighted by Crippen LogP contribution is -2.17. The molecule has 2 rings (SSSR count). The Kier molecular flexibility index (Phi) is 7.24. The second kappa shape index (κ2) is 9.62. The Bertz CT molecular complexity index is 936. The number of anilines is 2. The number of ether oxygens (including phenoxy) is 1. The van der Waals surface area contributed by atoms with E-state index < -0.39 is 11.9 Å². The van der Waals surface area contributed by atoms with E-state index in [1.54, 1.807) is 43.3 Å². The van der Waals surface area contributed by atoms with Crippen LogP contribution in [0.3, 0.4) is 0 Å². The minimum atomic E-state index is -0.688. The number of rotatable bonds is 6. The molecule has 0 aromatic heterocycles. The number of carbonyl (C=O) groups excluding carboxylic acids is 2. The number of benzene rings is 2. The van der Waals surface area contributed by atoms with Crippen molar-refractivity contribution in [2.45, 2.75) is 6.92 Å². The molecule has 0 aliphatic rings. The summed E-state index contributed by atoms with van der Waals surface area (Å²) in [5.41, 5.74) is 0.707. The van der Waals surface area contributed by atoms with Gasteiger partial charge in [0.25, 0.3) is 5.91 Å². The standard InChI is InChI=1S/C19H15Cl2N3O3/c1-2-27-19(26)14-5-3-4-6-16(14)24-18(25)12(10-22)11-23-17-8-7-13(20)9-15(17)21/h3-9,11,23H,2H2,1H3,(H,24,25)/b12-11-. The lowest BCUT2D eigenvalue weighted by Gasteiger charge is -2.10. The summed E-state index contributed by atoms with van der Waals surface area (Å²) in [4.78, 5) is 24.4. The fourth-order valence-electron chi connectivity index (χ4n) is 2.07. The van der Waals surface area contributed by atoms with E-state index in [1.165, 1.54) is 18.3 Å². The monoisotopic (exact) mass is 403 g/mol. The van der Waals surface area contributed by atoms with E-state index in [2.05, 4.69) is 10.6 Å². The molecule has 0 atom stereocenters. The van der Waals surface area contributed by atoms with Crippen molar-refractivity contribution in [1.82, 2.24) is 0 Å². The van der Waals surface area contributed by atoms with Crippen molar-refractivity contribution in [1.29, 1.82) is 5.26 Å². The van der Waals surface area contributed by atoms with Crippen molar-refractivity contribution >= 4 is 46.5 Å². The maximum Gasteiger partial charge on any atom is 0.340 e. The van der Waals surface area contributed by atoms with Gasteiger partial charge >= 0.3 is 5.97 Å². The van der Waals surface area contributed by atoms with Gasteiger partial charge in [0.05, 0.1) is 28.6 Å². The summed E-state index contributed by atoms with van der Waals surface area (Å²) in [7, 11) is 0. The molecule has 2 N–H and O–H groups in total. The molecule has 8 heteroatoms. The predicted octanol–water partition coefficient (Wildman–Crippen LogP) is 4.63. The predicted molar refractivity (Wildman–Crippen MR) is 105 cm³/mol. The third-order valence-electron chi connectivity index (χ3n) is 3.34. The zero-order valence-electron chi connectivity index (χ0n) is 14.3. The fourth-order valence-corrected chi connectivity index (χ4v) is 2.54. The summed E-state index contributed by atoms with van der Waals surface area (Å²) >= 11 is 11.9. The van der Waals surface area contributed by atoms with Crippen LogP contribution in [-0.4, -0.2) is 18.5 Å². The number of amides is 1. The molecule has 0 unspecified atom stereocenters. The summed E-state index contributed by atoms with van der Waals surface area (Å²) in [6.45, 7) is 1.89. The number of nitrogens with one attached hydrogen (secondary N) is 2. The van der Waals surface area contributed by atoms with Crippen LogP contribution in [0.15, 0.2) is 54.2 Å². The summed E-state index contributed by atoms with van der Waals surface area (Å²) < 4.78 is 4.96. The first kappa shape index (κ1) is 20.3. The van der Waals surface area contributed by atoms with E-state index >= 15 is 0 Å². The van der Waals surface area contributed by atoms with Gasteiger partial charge in [-0.1, -0.05) is 35.3 Å². The van der Waals surface area contributed by atoms with Crippen LogP contribution < -0.4 is 10.6 Å². The number of halogens is 2. The highest BCUT2D eigenvalue weighted by Crippen LogP contribution is 2.25. The Hall–Kier alpha value is -3.01. The number of hydrogen-bond acceptors (Lipinski definition) is 5. The van der Waals surface area contributed by atoms with E-state index in [0.29, 0.717) is 15.7 Å². The maximum absolute atomic E-state index is 12.4. The van der Waals surface area contributed by atoms with Gasteiger partial charge in [-0.2, -0.15) is 5.26 Å². The third-order valence-corrected chi connectivity index (χ3v) is 3.89. The Morgan fingerprint density at radius 2 is 1.93 bits per heavy atom. The van der Waals surface area contributed by atoms with Crippen LogP contribution in [0, 0.1) is 11.3 Å². The molecule has 0 spiro atoms. The highest BCUT2D eigenvalue weighted by atomic mass is 35.5. The fraction of sp³-hybridized carbons (Fsp3) is 0.105. The molecule has 2 aromatic rings. The van der Waals surface area contributed by atoms with Gasteiger partial charge in [-0.05, 0) is 37.3 Å². The van der Waals surface area contributed by atoms with Crippen molar-refractivity contribution in [3.63, 3.8) is 0 Å². The first-order valence-corrected chi connectivity index (χ1v) is 8.61. The van der Waals surface area contributed by atoms with Crippen LogP contribution in [0.25, 0.3) is 0 Å². The van der Waals surface area contributed by atoms with Gasteiger partial charge in [0.1, 0.15) is 11.6 Å². The largest absolute Gasteiger partial charge is 0.462 e. The molecule has 0 heterocycles. The Balaban J connectivity index is 2.18. The number of carbonyl (C=O) groups is 2. The molecule has 2 aromatic carbocycles. The van der Waals surface area contributed by atoms with Gasteiger partial charge < -0.3 is 15.4 Å². The van der Waals surface area contributed by atoms with Crippen molar-refractivity contribution in [2.75, 3.05) is 17.2 Å². The normalized spacial score (nSPS) is 10.7. The zero-order valence-corrected chi connectivity index (χ0v) is 15.8. The molecule has 0 saturated carbocycles. The van der Waals surface area contributed by atoms with Gasteiger partial charge in [0.2, 0.25) is 0 Å².